The van der Waals surface area contributed by atoms with E-state index in [1.807, 2.05) is 0 Å². The second-order valence-corrected chi connectivity index (χ2v) is 16.6. The Hall–Kier alpha value is -0.330. The van der Waals surface area contributed by atoms with Crippen molar-refractivity contribution < 1.29 is 4.79 Å². The predicted molar refractivity (Wildman–Crippen MR) is 154 cm³/mol. The van der Waals surface area contributed by atoms with E-state index in [2.05, 4.69) is 83.1 Å². The first-order valence-electron chi connectivity index (χ1n) is 16.9. The van der Waals surface area contributed by atoms with Gasteiger partial charge in [0, 0.05) is 11.8 Å². The van der Waals surface area contributed by atoms with E-state index in [0.29, 0.717) is 17.6 Å². The predicted octanol–water partition coefficient (Wildman–Crippen LogP) is 8.82. The maximum absolute atomic E-state index is 13.5. The second-order valence-electron chi connectivity index (χ2n) is 16.6. The molecular weight excluding hydrogens is 448 g/mol. The Morgan fingerprint density at radius 1 is 0.378 bits per heavy atom. The zero-order valence-corrected chi connectivity index (χ0v) is 26.3. The molecular formula is C36H60O. The molecule has 6 fully saturated rings. The van der Waals surface area contributed by atoms with Crippen LogP contribution in [0.5, 0.6) is 0 Å². The maximum Gasteiger partial charge on any atom is 0.139 e. The molecule has 210 valence electrons. The number of rotatable bonds is 1. The van der Waals surface area contributed by atoms with Crippen molar-refractivity contribution >= 4 is 5.78 Å². The van der Waals surface area contributed by atoms with Crippen molar-refractivity contribution in [2.45, 2.75) is 89.5 Å². The minimum atomic E-state index is 0.287. The Kier molecular flexibility index (Phi) is 6.41. The van der Waals surface area contributed by atoms with Gasteiger partial charge in [0.2, 0.25) is 0 Å². The molecule has 0 aliphatic heterocycles. The van der Waals surface area contributed by atoms with Gasteiger partial charge in [-0.25, -0.2) is 0 Å². The van der Waals surface area contributed by atoms with E-state index in [1.165, 1.54) is 6.42 Å². The normalized spacial score (nSPS) is 66.5. The molecule has 0 bridgehead atoms. The maximum atomic E-state index is 13.5. The molecule has 22 atom stereocenters. The van der Waals surface area contributed by atoms with Gasteiger partial charge in [0.25, 0.3) is 0 Å². The van der Waals surface area contributed by atoms with Crippen molar-refractivity contribution in [2.75, 3.05) is 0 Å². The standard InChI is InChI=1S/C36H60O/c1-13-25-21(9)30-28-19(7)16(4)20(8)29-33-23(11)36(37)24(12)34(33)32(35(28)29)22(10)31(30)27-18(6)15(3)14(2)17(5)26(25)27/h14-35H,13H2,1-12H3. The van der Waals surface area contributed by atoms with Crippen molar-refractivity contribution in [3.05, 3.63) is 0 Å². The summed E-state index contributed by atoms with van der Waals surface area (Å²) < 4.78 is 0. The van der Waals surface area contributed by atoms with Crippen LogP contribution < -0.4 is 0 Å². The third-order valence-electron chi connectivity index (χ3n) is 16.5. The molecule has 0 aromatic rings. The lowest BCUT2D eigenvalue weighted by Gasteiger charge is -2.68. The van der Waals surface area contributed by atoms with E-state index in [4.69, 9.17) is 0 Å². The highest BCUT2D eigenvalue weighted by molar-refractivity contribution is 5.86. The monoisotopic (exact) mass is 508 g/mol. The molecule has 0 aromatic carbocycles. The van der Waals surface area contributed by atoms with Gasteiger partial charge in [-0.3, -0.25) is 4.79 Å². The van der Waals surface area contributed by atoms with Crippen LogP contribution in [0.2, 0.25) is 0 Å². The van der Waals surface area contributed by atoms with Gasteiger partial charge in [-0.05, 0) is 118 Å². The van der Waals surface area contributed by atoms with Crippen LogP contribution in [0.1, 0.15) is 89.5 Å². The summed E-state index contributed by atoms with van der Waals surface area (Å²) in [5.41, 5.74) is 0. The van der Waals surface area contributed by atoms with E-state index >= 15 is 0 Å². The van der Waals surface area contributed by atoms with Crippen LogP contribution in [0.3, 0.4) is 0 Å². The number of carbonyl (C=O) groups excluding carboxylic acids is 1. The van der Waals surface area contributed by atoms with Gasteiger partial charge in [-0.15, -0.1) is 0 Å². The average Bonchev–Trinajstić information content (AvgIpc) is 3.33. The lowest BCUT2D eigenvalue weighted by molar-refractivity contribution is -0.212. The smallest absolute Gasteiger partial charge is 0.139 e. The van der Waals surface area contributed by atoms with Crippen LogP contribution in [0.15, 0.2) is 0 Å². The van der Waals surface area contributed by atoms with E-state index in [-0.39, 0.29) is 11.8 Å². The SMILES string of the molecule is CCC1C(C)C2C(C(C)C3C4C(C)C(=O)C(C)C4C4C(C)C(C)C(C)C2C43)C2C(C)C(C)C(C)C(C)C12. The first kappa shape index (κ1) is 26.9. The van der Waals surface area contributed by atoms with Crippen molar-refractivity contribution in [1.82, 2.24) is 0 Å². The molecule has 0 heterocycles. The van der Waals surface area contributed by atoms with Crippen LogP contribution in [-0.2, 0) is 4.79 Å². The summed E-state index contributed by atoms with van der Waals surface area (Å²) in [6.07, 6.45) is 1.37. The highest BCUT2D eigenvalue weighted by Crippen LogP contribution is 2.75. The number of fused-ring (bicyclic) bond motifs is 7. The summed E-state index contributed by atoms with van der Waals surface area (Å²) in [6, 6.07) is 0. The topological polar surface area (TPSA) is 17.1 Å². The summed E-state index contributed by atoms with van der Waals surface area (Å²) in [5, 5.41) is 0. The summed E-state index contributed by atoms with van der Waals surface area (Å²) in [6.45, 7) is 31.0. The molecule has 6 rings (SSSR count). The third-order valence-corrected chi connectivity index (χ3v) is 16.5. The summed E-state index contributed by atoms with van der Waals surface area (Å²) in [7, 11) is 0. The Labute approximate surface area is 230 Å². The van der Waals surface area contributed by atoms with Crippen LogP contribution in [0.4, 0.5) is 0 Å². The van der Waals surface area contributed by atoms with Gasteiger partial charge >= 0.3 is 0 Å². The number of hydrogen-bond donors (Lipinski definition) is 0. The van der Waals surface area contributed by atoms with Crippen LogP contribution in [0.25, 0.3) is 0 Å². The fraction of sp³-hybridized carbons (Fsp3) is 0.972. The minimum Gasteiger partial charge on any atom is -0.299 e. The summed E-state index contributed by atoms with van der Waals surface area (Å²) in [4.78, 5) is 13.5. The van der Waals surface area contributed by atoms with Gasteiger partial charge < -0.3 is 0 Å². The van der Waals surface area contributed by atoms with Gasteiger partial charge in [0.15, 0.2) is 0 Å². The Morgan fingerprint density at radius 2 is 0.703 bits per heavy atom. The van der Waals surface area contributed by atoms with E-state index in [1.54, 1.807) is 0 Å². The van der Waals surface area contributed by atoms with Gasteiger partial charge in [0.1, 0.15) is 5.78 Å². The van der Waals surface area contributed by atoms with Crippen molar-refractivity contribution in [2.24, 2.45) is 130 Å². The van der Waals surface area contributed by atoms with Gasteiger partial charge in [0.05, 0.1) is 0 Å². The quantitative estimate of drug-likeness (QED) is 0.346. The fourth-order valence-electron chi connectivity index (χ4n) is 14.6. The first-order chi connectivity index (χ1) is 17.4. The van der Waals surface area contributed by atoms with Crippen LogP contribution in [-0.4, -0.2) is 5.78 Å². The van der Waals surface area contributed by atoms with E-state index in [9.17, 15) is 4.79 Å². The summed E-state index contributed by atoms with van der Waals surface area (Å²) in [5.74, 6) is 17.6. The van der Waals surface area contributed by atoms with Crippen molar-refractivity contribution in [3.8, 4) is 0 Å². The fourth-order valence-corrected chi connectivity index (χ4v) is 14.6. The van der Waals surface area contributed by atoms with Crippen molar-refractivity contribution in [1.29, 1.82) is 0 Å². The highest BCUT2D eigenvalue weighted by Gasteiger charge is 2.72. The first-order valence-corrected chi connectivity index (χ1v) is 16.9. The molecule has 0 saturated heterocycles. The lowest BCUT2D eigenvalue weighted by atomic mass is 9.36. The molecule has 22 unspecified atom stereocenters. The number of hydrogen-bond acceptors (Lipinski definition) is 1. The van der Waals surface area contributed by atoms with E-state index < -0.39 is 0 Å². The zero-order chi connectivity index (χ0) is 27.0. The van der Waals surface area contributed by atoms with E-state index in [0.717, 1.165) is 107 Å². The molecule has 37 heavy (non-hydrogen) atoms. The molecule has 0 aromatic heterocycles. The number of carbonyl (C=O) groups is 1. The largest absolute Gasteiger partial charge is 0.299 e. The average molecular weight is 509 g/mol. The highest BCUT2D eigenvalue weighted by atomic mass is 16.1. The Balaban J connectivity index is 1.53. The molecule has 0 spiro atoms. The van der Waals surface area contributed by atoms with Crippen LogP contribution in [0, 0.1) is 130 Å². The molecule has 0 N–H and O–H groups in total. The second kappa shape index (κ2) is 8.83. The minimum absolute atomic E-state index is 0.287. The van der Waals surface area contributed by atoms with Gasteiger partial charge in [-0.1, -0.05) is 89.5 Å². The molecule has 1 nitrogen and oxygen atoms in total. The number of Topliss-reactive ketones (excluding diaryl/α,β-unsaturated/α-hetero) is 1. The zero-order valence-electron chi connectivity index (χ0n) is 26.3. The molecule has 0 radical (unpaired) electrons. The molecule has 1 heteroatoms. The Bertz CT molecular complexity index is 906. The van der Waals surface area contributed by atoms with Gasteiger partial charge in [-0.2, -0.15) is 0 Å². The Morgan fingerprint density at radius 3 is 1.19 bits per heavy atom. The lowest BCUT2D eigenvalue weighted by Crippen LogP contribution is -2.64. The van der Waals surface area contributed by atoms with Crippen LogP contribution >= 0.6 is 0 Å². The molecule has 6 aliphatic rings. The van der Waals surface area contributed by atoms with Crippen molar-refractivity contribution in [3.63, 3.8) is 0 Å². The summed E-state index contributed by atoms with van der Waals surface area (Å²) >= 11 is 0. The molecule has 0 amide bonds. The molecule has 6 saturated carbocycles. The third kappa shape index (κ3) is 3.13. The number of ketones is 1. The molecule has 6 aliphatic carbocycles.